The molecule has 132 valence electrons. The first kappa shape index (κ1) is 18.0. The highest BCUT2D eigenvalue weighted by molar-refractivity contribution is 7.48. The molecule has 3 aliphatic rings. The number of ether oxygens (including phenoxy) is 2. The average Bonchev–Trinajstić information content (AvgIpc) is 2.58. The van der Waals surface area contributed by atoms with Crippen molar-refractivity contribution in [1.29, 1.82) is 0 Å². The summed E-state index contributed by atoms with van der Waals surface area (Å²) >= 11 is 11.9. The first-order valence-corrected chi connectivity index (χ1v) is 9.35. The van der Waals surface area contributed by atoms with Gasteiger partial charge in [0.05, 0.1) is 30.3 Å². The number of esters is 1. The maximum absolute atomic E-state index is 12.1. The van der Waals surface area contributed by atoms with E-state index in [2.05, 4.69) is 0 Å². The van der Waals surface area contributed by atoms with E-state index < -0.39 is 25.3 Å². The molecule has 0 spiro atoms. The van der Waals surface area contributed by atoms with Gasteiger partial charge in [-0.05, 0) is 19.1 Å². The molecular weight excluding hydrogens is 382 g/mol. The highest BCUT2D eigenvalue weighted by Gasteiger charge is 2.51. The molecule has 24 heavy (non-hydrogen) atoms. The van der Waals surface area contributed by atoms with Gasteiger partial charge in [-0.1, -0.05) is 29.3 Å². The zero-order chi connectivity index (χ0) is 17.4. The molecule has 0 aromatic heterocycles. The molecule has 1 aromatic carbocycles. The fourth-order valence-corrected chi connectivity index (χ4v) is 4.02. The fraction of sp³-hybridized carbons (Fsp3) is 0.500. The lowest BCUT2D eigenvalue weighted by Crippen LogP contribution is -2.48. The summed E-state index contributed by atoms with van der Waals surface area (Å²) in [7, 11) is -3.39. The Morgan fingerprint density at radius 1 is 1.29 bits per heavy atom. The third kappa shape index (κ3) is 3.72. The van der Waals surface area contributed by atoms with E-state index in [1.807, 2.05) is 0 Å². The average molecular weight is 397 g/mol. The Morgan fingerprint density at radius 3 is 2.54 bits per heavy atom. The molecular formula is C14H15Cl2O7P. The lowest BCUT2D eigenvalue weighted by atomic mass is 9.92. The van der Waals surface area contributed by atoms with Gasteiger partial charge in [0.2, 0.25) is 0 Å². The van der Waals surface area contributed by atoms with Crippen molar-refractivity contribution >= 4 is 37.0 Å². The summed E-state index contributed by atoms with van der Waals surface area (Å²) in [5, 5.41) is 0.553. The van der Waals surface area contributed by atoms with Gasteiger partial charge < -0.3 is 9.47 Å². The summed E-state index contributed by atoms with van der Waals surface area (Å²) in [6.45, 7) is 1.98. The largest absolute Gasteiger partial charge is 0.477 e. The van der Waals surface area contributed by atoms with E-state index in [1.54, 1.807) is 18.2 Å². The van der Waals surface area contributed by atoms with E-state index in [-0.39, 0.29) is 37.2 Å². The number of hydrogen-bond acceptors (Lipinski definition) is 7. The summed E-state index contributed by atoms with van der Waals surface area (Å²) in [5.74, 6) is -0.294. The van der Waals surface area contributed by atoms with Crippen molar-refractivity contribution in [3.63, 3.8) is 0 Å². The van der Waals surface area contributed by atoms with E-state index in [1.165, 1.54) is 6.92 Å². The summed E-state index contributed by atoms with van der Waals surface area (Å²) in [5.41, 5.74) is -0.657. The SMILES string of the molecule is CC(Oc1cccc(Cl)c1Cl)C(=O)OCC12COP(=O)(OC1)OC2. The zero-order valence-electron chi connectivity index (χ0n) is 12.7. The number of hydrogen-bond donors (Lipinski definition) is 0. The smallest absolute Gasteiger partial charge is 0.474 e. The molecule has 0 radical (unpaired) electrons. The van der Waals surface area contributed by atoms with Crippen LogP contribution in [0.4, 0.5) is 0 Å². The van der Waals surface area contributed by atoms with Crippen LogP contribution in [0.2, 0.25) is 10.0 Å². The molecule has 3 saturated heterocycles. The van der Waals surface area contributed by atoms with Gasteiger partial charge in [0.25, 0.3) is 0 Å². The number of benzene rings is 1. The van der Waals surface area contributed by atoms with Gasteiger partial charge in [0, 0.05) is 0 Å². The van der Waals surface area contributed by atoms with Crippen LogP contribution in [0.1, 0.15) is 6.92 Å². The second-order valence-electron chi connectivity index (χ2n) is 5.69. The molecule has 3 aliphatic heterocycles. The van der Waals surface area contributed by atoms with Gasteiger partial charge in [0.1, 0.15) is 17.4 Å². The van der Waals surface area contributed by atoms with Crippen LogP contribution in [-0.4, -0.2) is 38.5 Å². The number of carbonyl (C=O) groups excluding carboxylic acids is 1. The zero-order valence-corrected chi connectivity index (χ0v) is 15.1. The molecule has 1 atom stereocenters. The Bertz CT molecular complexity index is 664. The first-order valence-electron chi connectivity index (χ1n) is 7.14. The van der Waals surface area contributed by atoms with Crippen molar-refractivity contribution < 1.29 is 32.4 Å². The van der Waals surface area contributed by atoms with Crippen LogP contribution in [0.15, 0.2) is 18.2 Å². The molecule has 3 fully saturated rings. The van der Waals surface area contributed by atoms with E-state index in [4.69, 9.17) is 46.2 Å². The number of rotatable bonds is 5. The number of phosphoric acid groups is 1. The minimum absolute atomic E-state index is 0.00279. The van der Waals surface area contributed by atoms with Crippen LogP contribution in [0.25, 0.3) is 0 Å². The molecule has 0 aliphatic carbocycles. The fourth-order valence-electron chi connectivity index (χ4n) is 2.16. The molecule has 1 aromatic rings. The lowest BCUT2D eigenvalue weighted by molar-refractivity contribution is -0.166. The van der Waals surface area contributed by atoms with Gasteiger partial charge in [-0.15, -0.1) is 0 Å². The van der Waals surface area contributed by atoms with Crippen molar-refractivity contribution in [2.45, 2.75) is 13.0 Å². The molecule has 4 rings (SSSR count). The van der Waals surface area contributed by atoms with Gasteiger partial charge in [-0.3, -0.25) is 13.6 Å². The van der Waals surface area contributed by atoms with E-state index in [0.717, 1.165) is 0 Å². The maximum atomic E-state index is 12.1. The second kappa shape index (κ2) is 6.83. The Kier molecular flexibility index (Phi) is 5.12. The number of halogens is 2. The Hall–Kier alpha value is -0.820. The van der Waals surface area contributed by atoms with Crippen molar-refractivity contribution in [2.75, 3.05) is 26.4 Å². The molecule has 0 N–H and O–H groups in total. The molecule has 1 unspecified atom stereocenters. The predicted octanol–water partition coefficient (Wildman–Crippen LogP) is 3.48. The molecule has 2 bridgehead atoms. The third-order valence-electron chi connectivity index (χ3n) is 3.66. The van der Waals surface area contributed by atoms with Crippen LogP contribution in [0.5, 0.6) is 5.75 Å². The van der Waals surface area contributed by atoms with Crippen molar-refractivity contribution in [3.8, 4) is 5.75 Å². The van der Waals surface area contributed by atoms with Crippen molar-refractivity contribution in [2.24, 2.45) is 5.41 Å². The van der Waals surface area contributed by atoms with Crippen LogP contribution in [0, 0.1) is 5.41 Å². The minimum atomic E-state index is -3.39. The Morgan fingerprint density at radius 2 is 1.92 bits per heavy atom. The molecule has 0 saturated carbocycles. The number of fused-ring (bicyclic) bond motifs is 3. The van der Waals surface area contributed by atoms with Crippen LogP contribution in [-0.2, 0) is 27.7 Å². The predicted molar refractivity (Wildman–Crippen MR) is 85.4 cm³/mol. The molecule has 10 heteroatoms. The quantitative estimate of drug-likeness (QED) is 0.556. The number of phosphoric ester groups is 1. The Labute approximate surface area is 148 Å². The van der Waals surface area contributed by atoms with Crippen LogP contribution < -0.4 is 4.74 Å². The lowest BCUT2D eigenvalue weighted by Gasteiger charge is -2.43. The van der Waals surface area contributed by atoms with Gasteiger partial charge in [-0.2, -0.15) is 0 Å². The van der Waals surface area contributed by atoms with E-state index in [9.17, 15) is 9.36 Å². The molecule has 7 nitrogen and oxygen atoms in total. The first-order chi connectivity index (χ1) is 11.3. The van der Waals surface area contributed by atoms with Crippen molar-refractivity contribution in [3.05, 3.63) is 28.2 Å². The maximum Gasteiger partial charge on any atom is 0.474 e. The van der Waals surface area contributed by atoms with E-state index >= 15 is 0 Å². The second-order valence-corrected chi connectivity index (χ2v) is 8.14. The van der Waals surface area contributed by atoms with Crippen LogP contribution >= 0.6 is 31.0 Å². The Balaban J connectivity index is 1.55. The summed E-state index contributed by atoms with van der Waals surface area (Å²) < 4.78 is 37.6. The van der Waals surface area contributed by atoms with Gasteiger partial charge in [0.15, 0.2) is 6.10 Å². The minimum Gasteiger partial charge on any atom is -0.477 e. The van der Waals surface area contributed by atoms with E-state index in [0.29, 0.717) is 5.02 Å². The molecule has 0 amide bonds. The molecule has 3 heterocycles. The summed E-state index contributed by atoms with van der Waals surface area (Å²) in [4.78, 5) is 12.1. The third-order valence-corrected chi connectivity index (χ3v) is 5.80. The highest BCUT2D eigenvalue weighted by atomic mass is 35.5. The summed E-state index contributed by atoms with van der Waals surface area (Å²) in [6, 6.07) is 4.88. The monoisotopic (exact) mass is 396 g/mol. The normalized spacial score (nSPS) is 30.0. The standard InChI is InChI=1S/C14H15Cl2O7P/c1-9(23-11-4-2-3-10(15)12(11)16)13(17)19-5-14-6-20-24(18,21-7-14)22-8-14/h2-4,9H,5-8H2,1H3. The topological polar surface area (TPSA) is 80.3 Å². The van der Waals surface area contributed by atoms with Gasteiger partial charge >= 0.3 is 13.8 Å². The van der Waals surface area contributed by atoms with Gasteiger partial charge in [-0.25, -0.2) is 9.36 Å². The highest BCUT2D eigenvalue weighted by Crippen LogP contribution is 2.59. The van der Waals surface area contributed by atoms with Crippen LogP contribution in [0.3, 0.4) is 0 Å². The summed E-state index contributed by atoms with van der Waals surface area (Å²) in [6.07, 6.45) is -0.890. The number of carbonyl (C=O) groups is 1. The van der Waals surface area contributed by atoms with Crippen molar-refractivity contribution in [1.82, 2.24) is 0 Å².